The van der Waals surface area contributed by atoms with Crippen LogP contribution in [0, 0.1) is 18.3 Å². The predicted molar refractivity (Wildman–Crippen MR) is 68.8 cm³/mol. The summed E-state index contributed by atoms with van der Waals surface area (Å²) < 4.78 is 3.82. The van der Waals surface area contributed by atoms with Gasteiger partial charge in [0.2, 0.25) is 0 Å². The summed E-state index contributed by atoms with van der Waals surface area (Å²) in [4.78, 5) is 0. The third kappa shape index (κ3) is 2.60. The molecule has 0 radical (unpaired) electrons. The van der Waals surface area contributed by atoms with Crippen molar-refractivity contribution in [2.75, 3.05) is 6.54 Å². The molecular formula is C13H17N5. The summed E-state index contributed by atoms with van der Waals surface area (Å²) >= 11 is 0. The van der Waals surface area contributed by atoms with Crippen LogP contribution in [0.25, 0.3) is 0 Å². The average Bonchev–Trinajstić information content (AvgIpc) is 2.97. The van der Waals surface area contributed by atoms with Crippen LogP contribution < -0.4 is 5.32 Å². The molecule has 0 aromatic carbocycles. The highest BCUT2D eigenvalue weighted by Gasteiger charge is 2.07. The van der Waals surface area contributed by atoms with E-state index in [0.29, 0.717) is 5.69 Å². The molecule has 2 rings (SSSR count). The molecule has 0 aliphatic heterocycles. The van der Waals surface area contributed by atoms with Crippen molar-refractivity contribution in [3.05, 3.63) is 41.5 Å². The Kier molecular flexibility index (Phi) is 3.80. The average molecular weight is 243 g/mol. The first-order valence-corrected chi connectivity index (χ1v) is 5.96. The molecular weight excluding hydrogens is 226 g/mol. The molecule has 0 saturated heterocycles. The van der Waals surface area contributed by atoms with Gasteiger partial charge in [0.15, 0.2) is 0 Å². The van der Waals surface area contributed by atoms with Gasteiger partial charge in [-0.1, -0.05) is 0 Å². The van der Waals surface area contributed by atoms with Gasteiger partial charge >= 0.3 is 0 Å². The van der Waals surface area contributed by atoms with Crippen molar-refractivity contribution in [2.24, 2.45) is 7.05 Å². The van der Waals surface area contributed by atoms with Gasteiger partial charge in [0, 0.05) is 38.2 Å². The summed E-state index contributed by atoms with van der Waals surface area (Å²) in [5, 5.41) is 16.5. The van der Waals surface area contributed by atoms with Gasteiger partial charge in [0.25, 0.3) is 0 Å². The van der Waals surface area contributed by atoms with Gasteiger partial charge in [-0.15, -0.1) is 0 Å². The zero-order valence-corrected chi connectivity index (χ0v) is 10.7. The molecule has 0 aliphatic rings. The lowest BCUT2D eigenvalue weighted by Gasteiger charge is -2.05. The largest absolute Gasteiger partial charge is 0.340 e. The van der Waals surface area contributed by atoms with E-state index >= 15 is 0 Å². The molecule has 2 aromatic rings. The van der Waals surface area contributed by atoms with Crippen LogP contribution in [-0.4, -0.2) is 20.9 Å². The monoisotopic (exact) mass is 243 g/mol. The lowest BCUT2D eigenvalue weighted by atomic mass is 10.2. The van der Waals surface area contributed by atoms with Crippen molar-refractivity contribution in [1.82, 2.24) is 19.7 Å². The first-order chi connectivity index (χ1) is 8.72. The quantitative estimate of drug-likeness (QED) is 0.802. The Balaban J connectivity index is 1.85. The zero-order valence-electron chi connectivity index (χ0n) is 10.7. The number of nitrogens with zero attached hydrogens (tertiary/aromatic N) is 4. The highest BCUT2D eigenvalue weighted by Crippen LogP contribution is 2.12. The second-order valence-corrected chi connectivity index (χ2v) is 4.26. The molecule has 5 nitrogen and oxygen atoms in total. The van der Waals surface area contributed by atoms with Crippen LogP contribution in [0.1, 0.15) is 17.0 Å². The smallest absolute Gasteiger partial charge is 0.120 e. The summed E-state index contributed by atoms with van der Waals surface area (Å²) in [5.74, 6) is 0. The normalized spacial score (nSPS) is 10.5. The molecule has 18 heavy (non-hydrogen) atoms. The van der Waals surface area contributed by atoms with E-state index in [1.807, 2.05) is 41.5 Å². The zero-order chi connectivity index (χ0) is 13.0. The Morgan fingerprint density at radius 3 is 2.94 bits per heavy atom. The Bertz CT molecular complexity index is 545. The van der Waals surface area contributed by atoms with E-state index in [1.54, 1.807) is 6.20 Å². The molecule has 0 fully saturated rings. The molecule has 0 bridgehead atoms. The van der Waals surface area contributed by atoms with E-state index in [2.05, 4.69) is 16.5 Å². The highest BCUT2D eigenvalue weighted by atomic mass is 15.3. The molecule has 2 aromatic heterocycles. The lowest BCUT2D eigenvalue weighted by molar-refractivity contribution is 0.554. The van der Waals surface area contributed by atoms with Gasteiger partial charge in [-0.05, 0) is 24.6 Å². The SMILES string of the molecule is Cc1c(CNCCn2cccn2)cc(C#N)n1C. The van der Waals surface area contributed by atoms with Gasteiger partial charge in [-0.3, -0.25) is 4.68 Å². The third-order valence-electron chi connectivity index (χ3n) is 3.15. The van der Waals surface area contributed by atoms with Crippen molar-refractivity contribution in [2.45, 2.75) is 20.0 Å². The Hall–Kier alpha value is -2.06. The first-order valence-electron chi connectivity index (χ1n) is 5.96. The summed E-state index contributed by atoms with van der Waals surface area (Å²) in [6, 6.07) is 6.05. The van der Waals surface area contributed by atoms with Crippen LogP contribution in [0.15, 0.2) is 24.5 Å². The van der Waals surface area contributed by atoms with Crippen LogP contribution in [0.2, 0.25) is 0 Å². The topological polar surface area (TPSA) is 58.6 Å². The Morgan fingerprint density at radius 1 is 1.50 bits per heavy atom. The van der Waals surface area contributed by atoms with Crippen LogP contribution in [-0.2, 0) is 20.1 Å². The molecule has 94 valence electrons. The van der Waals surface area contributed by atoms with Crippen LogP contribution in [0.4, 0.5) is 0 Å². The Morgan fingerprint density at radius 2 is 2.33 bits per heavy atom. The summed E-state index contributed by atoms with van der Waals surface area (Å²) in [7, 11) is 1.92. The minimum absolute atomic E-state index is 0.705. The summed E-state index contributed by atoms with van der Waals surface area (Å²) in [6.07, 6.45) is 3.73. The fourth-order valence-electron chi connectivity index (χ4n) is 1.90. The highest BCUT2D eigenvalue weighted by molar-refractivity contribution is 5.33. The molecule has 0 amide bonds. The fourth-order valence-corrected chi connectivity index (χ4v) is 1.90. The lowest BCUT2D eigenvalue weighted by Crippen LogP contribution is -2.20. The van der Waals surface area contributed by atoms with Crippen LogP contribution >= 0.6 is 0 Å². The van der Waals surface area contributed by atoms with E-state index in [1.165, 1.54) is 5.56 Å². The van der Waals surface area contributed by atoms with E-state index in [9.17, 15) is 0 Å². The van der Waals surface area contributed by atoms with Crippen LogP contribution in [0.5, 0.6) is 0 Å². The van der Waals surface area contributed by atoms with Crippen molar-refractivity contribution in [3.8, 4) is 6.07 Å². The number of nitriles is 1. The number of aromatic nitrogens is 3. The van der Waals surface area contributed by atoms with Gasteiger partial charge in [-0.2, -0.15) is 10.4 Å². The minimum atomic E-state index is 0.705. The van der Waals surface area contributed by atoms with Crippen LogP contribution in [0.3, 0.4) is 0 Å². The van der Waals surface area contributed by atoms with Gasteiger partial charge in [0.1, 0.15) is 11.8 Å². The second kappa shape index (κ2) is 5.52. The minimum Gasteiger partial charge on any atom is -0.340 e. The maximum absolute atomic E-state index is 8.95. The number of hydrogen-bond donors (Lipinski definition) is 1. The first kappa shape index (κ1) is 12.4. The number of hydrogen-bond acceptors (Lipinski definition) is 3. The Labute approximate surface area is 107 Å². The summed E-state index contributed by atoms with van der Waals surface area (Å²) in [6.45, 7) is 4.52. The van der Waals surface area contributed by atoms with Gasteiger partial charge in [0.05, 0.1) is 6.54 Å². The maximum atomic E-state index is 8.95. The fraction of sp³-hybridized carbons (Fsp3) is 0.385. The predicted octanol–water partition coefficient (Wildman–Crippen LogP) is 1.19. The molecule has 0 saturated carbocycles. The molecule has 0 unspecified atom stereocenters. The van der Waals surface area contributed by atoms with Crippen molar-refractivity contribution < 1.29 is 0 Å². The molecule has 2 heterocycles. The molecule has 0 spiro atoms. The summed E-state index contributed by atoms with van der Waals surface area (Å²) in [5.41, 5.74) is 3.02. The van der Waals surface area contributed by atoms with Crippen molar-refractivity contribution >= 4 is 0 Å². The number of rotatable bonds is 5. The van der Waals surface area contributed by atoms with E-state index in [-0.39, 0.29) is 0 Å². The molecule has 0 aliphatic carbocycles. The molecule has 1 N–H and O–H groups in total. The van der Waals surface area contributed by atoms with E-state index in [0.717, 1.165) is 25.3 Å². The van der Waals surface area contributed by atoms with Crippen molar-refractivity contribution in [1.29, 1.82) is 5.26 Å². The van der Waals surface area contributed by atoms with Gasteiger partial charge in [-0.25, -0.2) is 0 Å². The molecule has 0 atom stereocenters. The number of nitrogens with one attached hydrogen (secondary N) is 1. The molecule has 5 heteroatoms. The standard InChI is InChI=1S/C13H17N5/c1-11-12(8-13(9-14)17(11)2)10-15-5-7-18-6-3-4-16-18/h3-4,6,8,15H,5,7,10H2,1-2H3. The van der Waals surface area contributed by atoms with Crippen molar-refractivity contribution in [3.63, 3.8) is 0 Å². The maximum Gasteiger partial charge on any atom is 0.120 e. The van der Waals surface area contributed by atoms with E-state index in [4.69, 9.17) is 5.26 Å². The van der Waals surface area contributed by atoms with E-state index < -0.39 is 0 Å². The van der Waals surface area contributed by atoms with Gasteiger partial charge < -0.3 is 9.88 Å². The third-order valence-corrected chi connectivity index (χ3v) is 3.15. The second-order valence-electron chi connectivity index (χ2n) is 4.26.